The molecule has 0 unspecified atom stereocenters. The van der Waals surface area contributed by atoms with Crippen molar-refractivity contribution in [2.45, 2.75) is 25.5 Å². The number of hydrogen-bond donors (Lipinski definition) is 2. The monoisotopic (exact) mass is 287 g/mol. The van der Waals surface area contributed by atoms with Gasteiger partial charge in [0.25, 0.3) is 10.1 Å². The summed E-state index contributed by atoms with van der Waals surface area (Å²) < 4.78 is 29.9. The second-order valence-electron chi connectivity index (χ2n) is 4.72. The maximum atomic E-state index is 10.6. The molecule has 1 aromatic rings. The molecule has 0 fully saturated rings. The third-order valence-electron chi connectivity index (χ3n) is 3.21. The Labute approximate surface area is 114 Å². The lowest BCUT2D eigenvalue weighted by Crippen LogP contribution is -2.35. The van der Waals surface area contributed by atoms with E-state index in [0.29, 0.717) is 13.0 Å². The summed E-state index contributed by atoms with van der Waals surface area (Å²) in [7, 11) is -2.09. The SMILES string of the molecule is C[C@H]([C@H](O)c1ccccc1)N(C)CCCS(=O)(=O)O. The summed E-state index contributed by atoms with van der Waals surface area (Å²) in [6.45, 7) is 2.37. The van der Waals surface area contributed by atoms with Crippen molar-refractivity contribution >= 4 is 10.1 Å². The van der Waals surface area contributed by atoms with Crippen LogP contribution in [0.2, 0.25) is 0 Å². The fourth-order valence-electron chi connectivity index (χ4n) is 1.87. The summed E-state index contributed by atoms with van der Waals surface area (Å²) in [5.74, 6) is -0.258. The van der Waals surface area contributed by atoms with Crippen LogP contribution in [0.15, 0.2) is 30.3 Å². The quantitative estimate of drug-likeness (QED) is 0.740. The van der Waals surface area contributed by atoms with E-state index in [1.54, 1.807) is 0 Å². The first-order valence-electron chi connectivity index (χ1n) is 6.19. The molecule has 0 saturated heterocycles. The molecule has 108 valence electrons. The Kier molecular flexibility index (Phi) is 5.93. The molecule has 1 rings (SSSR count). The topological polar surface area (TPSA) is 77.8 Å². The lowest BCUT2D eigenvalue weighted by molar-refractivity contribution is 0.0727. The van der Waals surface area contributed by atoms with E-state index >= 15 is 0 Å². The van der Waals surface area contributed by atoms with E-state index in [-0.39, 0.29) is 11.8 Å². The molecule has 0 aromatic heterocycles. The Morgan fingerprint density at radius 1 is 1.26 bits per heavy atom. The highest BCUT2D eigenvalue weighted by Crippen LogP contribution is 2.19. The van der Waals surface area contributed by atoms with Crippen LogP contribution in [0.5, 0.6) is 0 Å². The van der Waals surface area contributed by atoms with Gasteiger partial charge in [-0.3, -0.25) is 4.55 Å². The van der Waals surface area contributed by atoms with Crippen LogP contribution in [0.1, 0.15) is 25.0 Å². The van der Waals surface area contributed by atoms with Gasteiger partial charge in [0.05, 0.1) is 11.9 Å². The molecule has 2 atom stereocenters. The Hall–Kier alpha value is -0.950. The van der Waals surface area contributed by atoms with Crippen LogP contribution in [-0.4, -0.2) is 48.4 Å². The number of nitrogens with zero attached hydrogens (tertiary/aromatic N) is 1. The number of aliphatic hydroxyl groups is 1. The van der Waals surface area contributed by atoms with Crippen molar-refractivity contribution in [1.29, 1.82) is 0 Å². The predicted molar refractivity (Wildman–Crippen MR) is 74.5 cm³/mol. The number of rotatable bonds is 7. The first-order valence-corrected chi connectivity index (χ1v) is 7.80. The van der Waals surface area contributed by atoms with Crippen LogP contribution >= 0.6 is 0 Å². The first kappa shape index (κ1) is 16.1. The molecule has 0 bridgehead atoms. The van der Waals surface area contributed by atoms with Crippen molar-refractivity contribution < 1.29 is 18.1 Å². The molecule has 0 aliphatic heterocycles. The first-order chi connectivity index (χ1) is 8.81. The second kappa shape index (κ2) is 7.00. The molecule has 1 aromatic carbocycles. The summed E-state index contributed by atoms with van der Waals surface area (Å²) in [4.78, 5) is 1.88. The van der Waals surface area contributed by atoms with Crippen molar-refractivity contribution in [2.24, 2.45) is 0 Å². The Bertz CT molecular complexity index is 475. The highest BCUT2D eigenvalue weighted by molar-refractivity contribution is 7.85. The number of hydrogen-bond acceptors (Lipinski definition) is 4. The summed E-state index contributed by atoms with van der Waals surface area (Å²) in [6, 6.07) is 9.19. The zero-order valence-corrected chi connectivity index (χ0v) is 12.0. The van der Waals surface area contributed by atoms with E-state index in [4.69, 9.17) is 4.55 Å². The maximum Gasteiger partial charge on any atom is 0.264 e. The predicted octanol–water partition coefficient (Wildman–Crippen LogP) is 1.32. The van der Waals surface area contributed by atoms with Gasteiger partial charge in [0.1, 0.15) is 0 Å². The Balaban J connectivity index is 2.50. The summed E-state index contributed by atoms with van der Waals surface area (Å²) in [6.07, 6.45) is -0.293. The van der Waals surface area contributed by atoms with E-state index in [9.17, 15) is 13.5 Å². The lowest BCUT2D eigenvalue weighted by Gasteiger charge is -2.29. The van der Waals surface area contributed by atoms with Crippen molar-refractivity contribution in [3.05, 3.63) is 35.9 Å². The van der Waals surface area contributed by atoms with E-state index in [0.717, 1.165) is 5.56 Å². The van der Waals surface area contributed by atoms with Crippen LogP contribution in [0.3, 0.4) is 0 Å². The summed E-state index contributed by atoms with van der Waals surface area (Å²) in [5, 5.41) is 10.2. The number of likely N-dealkylation sites (N-methyl/N-ethyl adjacent to an activating group) is 1. The molecule has 0 radical (unpaired) electrons. The van der Waals surface area contributed by atoms with Gasteiger partial charge in [-0.2, -0.15) is 8.42 Å². The third kappa shape index (κ3) is 5.69. The minimum Gasteiger partial charge on any atom is -0.387 e. The molecule has 2 N–H and O–H groups in total. The lowest BCUT2D eigenvalue weighted by atomic mass is 10.0. The summed E-state index contributed by atoms with van der Waals surface area (Å²) >= 11 is 0. The molecule has 0 amide bonds. The fraction of sp³-hybridized carbons (Fsp3) is 0.538. The third-order valence-corrected chi connectivity index (χ3v) is 4.01. The minimum atomic E-state index is -3.91. The molecule has 0 aliphatic carbocycles. The van der Waals surface area contributed by atoms with Gasteiger partial charge < -0.3 is 10.0 Å². The van der Waals surface area contributed by atoms with Gasteiger partial charge in [-0.05, 0) is 32.5 Å². The molecule has 0 saturated carbocycles. The molecule has 0 heterocycles. The van der Waals surface area contributed by atoms with Gasteiger partial charge >= 0.3 is 0 Å². The standard InChI is InChI=1S/C13H21NO4S/c1-11(13(15)12-7-4-3-5-8-12)14(2)9-6-10-19(16,17)18/h3-5,7-8,11,13,15H,6,9-10H2,1-2H3,(H,16,17,18)/t11-,13+/m1/s1. The normalized spacial score (nSPS) is 15.4. The van der Waals surface area contributed by atoms with Gasteiger partial charge in [0.15, 0.2) is 0 Å². The van der Waals surface area contributed by atoms with E-state index in [1.807, 2.05) is 49.2 Å². The van der Waals surface area contributed by atoms with Gasteiger partial charge in [0, 0.05) is 6.04 Å². The van der Waals surface area contributed by atoms with Crippen molar-refractivity contribution in [3.8, 4) is 0 Å². The zero-order chi connectivity index (χ0) is 14.5. The van der Waals surface area contributed by atoms with E-state index in [2.05, 4.69) is 0 Å². The fourth-order valence-corrected chi connectivity index (χ4v) is 2.36. The van der Waals surface area contributed by atoms with Gasteiger partial charge in [-0.1, -0.05) is 30.3 Å². The van der Waals surface area contributed by atoms with Gasteiger partial charge in [-0.25, -0.2) is 0 Å². The van der Waals surface area contributed by atoms with Crippen LogP contribution in [0, 0.1) is 0 Å². The number of benzene rings is 1. The highest BCUT2D eigenvalue weighted by Gasteiger charge is 2.20. The van der Waals surface area contributed by atoms with Crippen LogP contribution < -0.4 is 0 Å². The molecule has 19 heavy (non-hydrogen) atoms. The largest absolute Gasteiger partial charge is 0.387 e. The van der Waals surface area contributed by atoms with Crippen molar-refractivity contribution in [3.63, 3.8) is 0 Å². The molecule has 0 aliphatic rings. The maximum absolute atomic E-state index is 10.6. The second-order valence-corrected chi connectivity index (χ2v) is 6.29. The molecular weight excluding hydrogens is 266 g/mol. The van der Waals surface area contributed by atoms with Crippen molar-refractivity contribution in [1.82, 2.24) is 4.90 Å². The molecular formula is C13H21NO4S. The van der Waals surface area contributed by atoms with Crippen LogP contribution in [-0.2, 0) is 10.1 Å². The van der Waals surface area contributed by atoms with Crippen molar-refractivity contribution in [2.75, 3.05) is 19.3 Å². The average Bonchev–Trinajstić information content (AvgIpc) is 2.36. The van der Waals surface area contributed by atoms with Gasteiger partial charge in [0.2, 0.25) is 0 Å². The zero-order valence-electron chi connectivity index (χ0n) is 11.2. The Morgan fingerprint density at radius 3 is 2.37 bits per heavy atom. The van der Waals surface area contributed by atoms with Crippen LogP contribution in [0.4, 0.5) is 0 Å². The number of aliphatic hydroxyl groups excluding tert-OH is 1. The molecule has 5 nitrogen and oxygen atoms in total. The minimum absolute atomic E-state index is 0.135. The highest BCUT2D eigenvalue weighted by atomic mass is 32.2. The summed E-state index contributed by atoms with van der Waals surface area (Å²) in [5.41, 5.74) is 0.830. The molecule has 0 spiro atoms. The smallest absolute Gasteiger partial charge is 0.264 e. The van der Waals surface area contributed by atoms with Crippen LogP contribution in [0.25, 0.3) is 0 Å². The van der Waals surface area contributed by atoms with E-state index in [1.165, 1.54) is 0 Å². The average molecular weight is 287 g/mol. The Morgan fingerprint density at radius 2 is 1.84 bits per heavy atom. The van der Waals surface area contributed by atoms with E-state index < -0.39 is 16.2 Å². The molecule has 6 heteroatoms. The van der Waals surface area contributed by atoms with Gasteiger partial charge in [-0.15, -0.1) is 0 Å².